The highest BCUT2D eigenvalue weighted by Gasteiger charge is 2.06. The van der Waals surface area contributed by atoms with E-state index in [-0.39, 0.29) is 5.54 Å². The Balaban J connectivity index is 2.03. The molecule has 1 rings (SSSR count). The Morgan fingerprint density at radius 1 is 1.00 bits per heavy atom. The third-order valence-electron chi connectivity index (χ3n) is 2.89. The van der Waals surface area contributed by atoms with Crippen LogP contribution in [0.1, 0.15) is 46.5 Å². The minimum Gasteiger partial charge on any atom is -0.494 e. The summed E-state index contributed by atoms with van der Waals surface area (Å²) in [7, 11) is 0. The zero-order chi connectivity index (χ0) is 15.0. The van der Waals surface area contributed by atoms with Crippen LogP contribution in [0.5, 0.6) is 5.75 Å². The zero-order valence-corrected chi connectivity index (χ0v) is 14.2. The van der Waals surface area contributed by atoms with Crippen LogP contribution in [-0.4, -0.2) is 18.7 Å². The molecular weight excluding hydrogens is 293 g/mol. The fraction of sp³-hybridized carbons (Fsp3) is 0.625. The standard InChI is InChI=1S/C16H25Cl2NO/c1-16(2,3)19-10-6-4-5-7-11-20-13-8-9-14(17)15(18)12-13/h8-9,12,19H,4-7,10-11H2,1-3H3. The molecule has 0 radical (unpaired) electrons. The Bertz CT molecular complexity index is 402. The summed E-state index contributed by atoms with van der Waals surface area (Å²) in [5.41, 5.74) is 0.219. The van der Waals surface area contributed by atoms with Crippen LogP contribution in [0.2, 0.25) is 10.0 Å². The molecule has 0 unspecified atom stereocenters. The highest BCUT2D eigenvalue weighted by atomic mass is 35.5. The molecule has 0 bridgehead atoms. The van der Waals surface area contributed by atoms with Gasteiger partial charge in [-0.25, -0.2) is 0 Å². The normalized spacial score (nSPS) is 11.7. The van der Waals surface area contributed by atoms with Crippen LogP contribution in [0.3, 0.4) is 0 Å². The molecule has 0 aromatic heterocycles. The molecule has 2 nitrogen and oxygen atoms in total. The lowest BCUT2D eigenvalue weighted by Gasteiger charge is -2.20. The van der Waals surface area contributed by atoms with Crippen LogP contribution in [0.4, 0.5) is 0 Å². The monoisotopic (exact) mass is 317 g/mol. The predicted molar refractivity (Wildman–Crippen MR) is 88.2 cm³/mol. The van der Waals surface area contributed by atoms with Crippen LogP contribution in [0.15, 0.2) is 18.2 Å². The largest absolute Gasteiger partial charge is 0.494 e. The molecule has 4 heteroatoms. The average molecular weight is 318 g/mol. The molecule has 0 amide bonds. The number of rotatable bonds is 8. The number of unbranched alkanes of at least 4 members (excludes halogenated alkanes) is 3. The van der Waals surface area contributed by atoms with E-state index in [9.17, 15) is 0 Å². The van der Waals surface area contributed by atoms with Gasteiger partial charge in [0.05, 0.1) is 16.7 Å². The highest BCUT2D eigenvalue weighted by molar-refractivity contribution is 6.42. The molecule has 1 N–H and O–H groups in total. The first-order valence-electron chi connectivity index (χ1n) is 7.21. The summed E-state index contributed by atoms with van der Waals surface area (Å²) in [6, 6.07) is 5.37. The van der Waals surface area contributed by atoms with Gasteiger partial charge in [-0.15, -0.1) is 0 Å². The summed E-state index contributed by atoms with van der Waals surface area (Å²) < 4.78 is 5.64. The first-order chi connectivity index (χ1) is 9.38. The Morgan fingerprint density at radius 2 is 1.70 bits per heavy atom. The van der Waals surface area contributed by atoms with E-state index in [1.165, 1.54) is 19.3 Å². The lowest BCUT2D eigenvalue weighted by molar-refractivity contribution is 0.303. The molecule has 0 atom stereocenters. The molecule has 114 valence electrons. The van der Waals surface area contributed by atoms with Gasteiger partial charge in [0.15, 0.2) is 0 Å². The third kappa shape index (κ3) is 7.98. The van der Waals surface area contributed by atoms with Crippen molar-refractivity contribution in [3.63, 3.8) is 0 Å². The molecular formula is C16H25Cl2NO. The second-order valence-electron chi connectivity index (χ2n) is 6.02. The van der Waals surface area contributed by atoms with Crippen molar-refractivity contribution in [2.75, 3.05) is 13.2 Å². The SMILES string of the molecule is CC(C)(C)NCCCCCCOc1ccc(Cl)c(Cl)c1. The maximum Gasteiger partial charge on any atom is 0.120 e. The first-order valence-corrected chi connectivity index (χ1v) is 7.97. The van der Waals surface area contributed by atoms with Crippen LogP contribution in [-0.2, 0) is 0 Å². The molecule has 1 aromatic rings. The quantitative estimate of drug-likeness (QED) is 0.655. The molecule has 0 saturated heterocycles. The highest BCUT2D eigenvalue weighted by Crippen LogP contribution is 2.26. The van der Waals surface area contributed by atoms with Crippen molar-refractivity contribution in [3.05, 3.63) is 28.2 Å². The second-order valence-corrected chi connectivity index (χ2v) is 6.83. The number of halogens is 2. The number of benzene rings is 1. The number of hydrogen-bond acceptors (Lipinski definition) is 2. The maximum absolute atomic E-state index is 5.93. The summed E-state index contributed by atoms with van der Waals surface area (Å²) in [5, 5.41) is 4.59. The van der Waals surface area contributed by atoms with E-state index < -0.39 is 0 Å². The molecule has 0 heterocycles. The van der Waals surface area contributed by atoms with Crippen molar-refractivity contribution in [2.24, 2.45) is 0 Å². The van der Waals surface area contributed by atoms with Gasteiger partial charge >= 0.3 is 0 Å². The second kappa shape index (κ2) is 8.76. The van der Waals surface area contributed by atoms with Gasteiger partial charge in [0.25, 0.3) is 0 Å². The smallest absolute Gasteiger partial charge is 0.120 e. The topological polar surface area (TPSA) is 21.3 Å². The Kier molecular flexibility index (Phi) is 7.71. The lowest BCUT2D eigenvalue weighted by atomic mass is 10.1. The van der Waals surface area contributed by atoms with Gasteiger partial charge < -0.3 is 10.1 Å². The van der Waals surface area contributed by atoms with Gasteiger partial charge in [-0.3, -0.25) is 0 Å². The van der Waals surface area contributed by atoms with E-state index >= 15 is 0 Å². The van der Waals surface area contributed by atoms with E-state index in [1.54, 1.807) is 12.1 Å². The van der Waals surface area contributed by atoms with Crippen LogP contribution in [0, 0.1) is 0 Å². The summed E-state index contributed by atoms with van der Waals surface area (Å²) in [6.45, 7) is 8.38. The fourth-order valence-corrected chi connectivity index (χ4v) is 2.09. The van der Waals surface area contributed by atoms with Gasteiger partial charge in [-0.05, 0) is 52.3 Å². The molecule has 0 aliphatic rings. The van der Waals surface area contributed by atoms with Crippen molar-refractivity contribution >= 4 is 23.2 Å². The van der Waals surface area contributed by atoms with E-state index in [2.05, 4.69) is 26.1 Å². The van der Waals surface area contributed by atoms with Gasteiger partial charge in [0.2, 0.25) is 0 Å². The summed E-state index contributed by atoms with van der Waals surface area (Å²) in [4.78, 5) is 0. The molecule has 0 aliphatic heterocycles. The molecule has 20 heavy (non-hydrogen) atoms. The molecule has 1 aromatic carbocycles. The minimum atomic E-state index is 0.219. The van der Waals surface area contributed by atoms with Crippen LogP contribution >= 0.6 is 23.2 Å². The van der Waals surface area contributed by atoms with Crippen molar-refractivity contribution in [2.45, 2.75) is 52.0 Å². The van der Waals surface area contributed by atoms with Gasteiger partial charge in [0.1, 0.15) is 5.75 Å². The van der Waals surface area contributed by atoms with Gasteiger partial charge in [-0.1, -0.05) is 36.0 Å². The first kappa shape index (κ1) is 17.6. The van der Waals surface area contributed by atoms with E-state index in [0.717, 1.165) is 25.3 Å². The van der Waals surface area contributed by atoms with Crippen molar-refractivity contribution in [3.8, 4) is 5.75 Å². The van der Waals surface area contributed by atoms with Crippen molar-refractivity contribution in [1.29, 1.82) is 0 Å². The predicted octanol–water partition coefficient (Wildman–Crippen LogP) is 5.32. The van der Waals surface area contributed by atoms with Gasteiger partial charge in [0, 0.05) is 11.6 Å². The van der Waals surface area contributed by atoms with Gasteiger partial charge in [-0.2, -0.15) is 0 Å². The zero-order valence-electron chi connectivity index (χ0n) is 12.6. The number of nitrogens with one attached hydrogen (secondary N) is 1. The summed E-state index contributed by atoms with van der Waals surface area (Å²) in [5.74, 6) is 0.786. The average Bonchev–Trinajstić information content (AvgIpc) is 2.35. The van der Waals surface area contributed by atoms with Crippen LogP contribution in [0.25, 0.3) is 0 Å². The Morgan fingerprint density at radius 3 is 2.35 bits per heavy atom. The molecule has 0 saturated carbocycles. The number of ether oxygens (including phenoxy) is 1. The van der Waals surface area contributed by atoms with Crippen LogP contribution < -0.4 is 10.1 Å². The third-order valence-corrected chi connectivity index (χ3v) is 3.63. The molecule has 0 fully saturated rings. The van der Waals surface area contributed by atoms with Crippen molar-refractivity contribution in [1.82, 2.24) is 5.32 Å². The Labute approximate surface area is 132 Å². The minimum absolute atomic E-state index is 0.219. The number of hydrogen-bond donors (Lipinski definition) is 1. The van der Waals surface area contributed by atoms with Crippen molar-refractivity contribution < 1.29 is 4.74 Å². The summed E-state index contributed by atoms with van der Waals surface area (Å²) >= 11 is 11.8. The van der Waals surface area contributed by atoms with E-state index in [4.69, 9.17) is 27.9 Å². The lowest BCUT2D eigenvalue weighted by Crippen LogP contribution is -2.36. The maximum atomic E-state index is 5.93. The van der Waals surface area contributed by atoms with E-state index in [1.807, 2.05) is 6.07 Å². The fourth-order valence-electron chi connectivity index (χ4n) is 1.80. The van der Waals surface area contributed by atoms with E-state index in [0.29, 0.717) is 10.0 Å². The summed E-state index contributed by atoms with van der Waals surface area (Å²) in [6.07, 6.45) is 4.70. The Hall–Kier alpha value is -0.440. The molecule has 0 aliphatic carbocycles. The molecule has 0 spiro atoms.